The van der Waals surface area contributed by atoms with Gasteiger partial charge in [0.05, 0.1) is 24.8 Å². The van der Waals surface area contributed by atoms with Gasteiger partial charge < -0.3 is 14.4 Å². The minimum atomic E-state index is -0.350. The molecule has 2 fully saturated rings. The fraction of sp³-hybridized carbons (Fsp3) is 0.615. The molecule has 0 radical (unpaired) electrons. The summed E-state index contributed by atoms with van der Waals surface area (Å²) in [5.41, 5.74) is 0.864. The average molecular weight is 275 g/mol. The molecule has 0 atom stereocenters. The van der Waals surface area contributed by atoms with Crippen LogP contribution in [0.25, 0.3) is 11.0 Å². The van der Waals surface area contributed by atoms with E-state index in [1.54, 1.807) is 11.0 Å². The molecule has 2 aromatic heterocycles. The van der Waals surface area contributed by atoms with E-state index < -0.39 is 0 Å². The molecular formula is C13H17N5O2. The van der Waals surface area contributed by atoms with Crippen LogP contribution in [0.4, 0.5) is 5.82 Å². The first kappa shape index (κ1) is 12.0. The van der Waals surface area contributed by atoms with Crippen LogP contribution in [-0.4, -0.2) is 51.8 Å². The second-order valence-corrected chi connectivity index (χ2v) is 5.30. The lowest BCUT2D eigenvalue weighted by atomic mass is 10.0. The first-order valence-electron chi connectivity index (χ1n) is 6.93. The second-order valence-electron chi connectivity index (χ2n) is 5.30. The third-order valence-corrected chi connectivity index (χ3v) is 4.15. The Morgan fingerprint density at radius 3 is 2.65 bits per heavy atom. The summed E-state index contributed by atoms with van der Waals surface area (Å²) in [5.74, 6) is 0.605. The maximum Gasteiger partial charge on any atom is 0.171 e. The molecule has 0 unspecified atom stereocenters. The molecule has 2 aromatic rings. The number of aryl methyl sites for hydroxylation is 1. The van der Waals surface area contributed by atoms with E-state index in [0.717, 1.165) is 42.8 Å². The minimum absolute atomic E-state index is 0.350. The van der Waals surface area contributed by atoms with Crippen molar-refractivity contribution in [2.45, 2.75) is 18.6 Å². The Hall–Kier alpha value is -1.73. The van der Waals surface area contributed by atoms with E-state index in [-0.39, 0.29) is 5.79 Å². The third kappa shape index (κ3) is 1.77. The Morgan fingerprint density at radius 1 is 1.15 bits per heavy atom. The van der Waals surface area contributed by atoms with Gasteiger partial charge in [-0.1, -0.05) is 0 Å². The fourth-order valence-corrected chi connectivity index (χ4v) is 3.05. The van der Waals surface area contributed by atoms with E-state index >= 15 is 0 Å². The lowest BCUT2D eigenvalue weighted by Crippen LogP contribution is -2.45. The Balaban J connectivity index is 1.61. The number of aromatic nitrogens is 4. The van der Waals surface area contributed by atoms with Crippen LogP contribution in [0.1, 0.15) is 12.8 Å². The summed E-state index contributed by atoms with van der Waals surface area (Å²) >= 11 is 0. The van der Waals surface area contributed by atoms with Gasteiger partial charge in [0.25, 0.3) is 0 Å². The smallest absolute Gasteiger partial charge is 0.171 e. The van der Waals surface area contributed by atoms with E-state index in [2.05, 4.69) is 20.0 Å². The van der Waals surface area contributed by atoms with Gasteiger partial charge in [0.1, 0.15) is 12.1 Å². The molecular weight excluding hydrogens is 258 g/mol. The van der Waals surface area contributed by atoms with E-state index in [1.807, 2.05) is 13.2 Å². The third-order valence-electron chi connectivity index (χ3n) is 4.15. The van der Waals surface area contributed by atoms with Crippen LogP contribution in [0.5, 0.6) is 0 Å². The number of piperidine rings is 1. The van der Waals surface area contributed by atoms with Gasteiger partial charge in [0, 0.05) is 33.0 Å². The second kappa shape index (κ2) is 4.39. The normalized spacial score (nSPS) is 21.9. The highest BCUT2D eigenvalue weighted by molar-refractivity contribution is 5.86. The number of hydrogen-bond acceptors (Lipinski definition) is 6. The van der Waals surface area contributed by atoms with Crippen molar-refractivity contribution in [2.75, 3.05) is 31.2 Å². The number of hydrogen-bond donors (Lipinski definition) is 0. The molecule has 0 amide bonds. The molecule has 2 aliphatic rings. The van der Waals surface area contributed by atoms with Crippen LogP contribution >= 0.6 is 0 Å². The number of fused-ring (bicyclic) bond motifs is 1. The molecule has 0 aromatic carbocycles. The molecule has 7 heteroatoms. The summed E-state index contributed by atoms with van der Waals surface area (Å²) in [4.78, 5) is 11.0. The van der Waals surface area contributed by atoms with Gasteiger partial charge in [-0.3, -0.25) is 4.68 Å². The summed E-state index contributed by atoms with van der Waals surface area (Å²) in [6.45, 7) is 3.17. The zero-order valence-corrected chi connectivity index (χ0v) is 11.4. The Bertz CT molecular complexity index is 625. The molecule has 1 spiro atoms. The van der Waals surface area contributed by atoms with Crippen LogP contribution in [0.3, 0.4) is 0 Å². The molecule has 0 saturated carbocycles. The molecule has 0 N–H and O–H groups in total. The average Bonchev–Trinajstić information content (AvgIpc) is 3.08. The zero-order valence-electron chi connectivity index (χ0n) is 11.4. The fourth-order valence-electron chi connectivity index (χ4n) is 3.05. The standard InChI is InChI=1S/C13H17N5O2/c1-17-11-10(8-16-17)12(15-9-14-11)18-4-2-13(3-5-18)19-6-7-20-13/h8-9H,2-7H2,1H3. The Kier molecular flexibility index (Phi) is 2.64. The SMILES string of the molecule is Cn1ncc2c(N3CCC4(CC3)OCCO4)ncnc21. The van der Waals surface area contributed by atoms with Gasteiger partial charge in [0.15, 0.2) is 11.4 Å². The molecule has 2 aliphatic heterocycles. The Morgan fingerprint density at radius 2 is 1.90 bits per heavy atom. The van der Waals surface area contributed by atoms with E-state index in [4.69, 9.17) is 9.47 Å². The highest BCUT2D eigenvalue weighted by Gasteiger charge is 2.40. The van der Waals surface area contributed by atoms with Crippen molar-refractivity contribution in [3.05, 3.63) is 12.5 Å². The van der Waals surface area contributed by atoms with E-state index in [9.17, 15) is 0 Å². The van der Waals surface area contributed by atoms with Gasteiger partial charge in [-0.2, -0.15) is 5.10 Å². The molecule has 2 saturated heterocycles. The van der Waals surface area contributed by atoms with Crippen LogP contribution in [0, 0.1) is 0 Å². The maximum absolute atomic E-state index is 5.76. The molecule has 0 bridgehead atoms. The van der Waals surface area contributed by atoms with Crippen LogP contribution in [0.2, 0.25) is 0 Å². The first-order valence-corrected chi connectivity index (χ1v) is 6.93. The molecule has 106 valence electrons. The van der Waals surface area contributed by atoms with Crippen molar-refractivity contribution in [3.63, 3.8) is 0 Å². The quantitative estimate of drug-likeness (QED) is 0.763. The van der Waals surface area contributed by atoms with Crippen LogP contribution in [0.15, 0.2) is 12.5 Å². The monoisotopic (exact) mass is 275 g/mol. The number of anilines is 1. The first-order chi connectivity index (χ1) is 9.77. The molecule has 4 rings (SSSR count). The van der Waals surface area contributed by atoms with Gasteiger partial charge in [-0.15, -0.1) is 0 Å². The van der Waals surface area contributed by atoms with Gasteiger partial charge in [0.2, 0.25) is 0 Å². The molecule has 20 heavy (non-hydrogen) atoms. The zero-order chi connectivity index (χ0) is 13.6. The largest absolute Gasteiger partial charge is 0.355 e. The van der Waals surface area contributed by atoms with Crippen molar-refractivity contribution in [3.8, 4) is 0 Å². The predicted octanol–water partition coefficient (Wildman–Crippen LogP) is 0.707. The number of ether oxygens (including phenoxy) is 2. The summed E-state index contributed by atoms with van der Waals surface area (Å²) in [6.07, 6.45) is 5.18. The molecule has 0 aliphatic carbocycles. The van der Waals surface area contributed by atoms with Gasteiger partial charge >= 0.3 is 0 Å². The van der Waals surface area contributed by atoms with E-state index in [1.165, 1.54) is 0 Å². The van der Waals surface area contributed by atoms with E-state index in [0.29, 0.717) is 13.2 Å². The summed E-state index contributed by atoms with van der Waals surface area (Å²) in [7, 11) is 1.89. The van der Waals surface area contributed by atoms with Crippen molar-refractivity contribution < 1.29 is 9.47 Å². The lowest BCUT2D eigenvalue weighted by molar-refractivity contribution is -0.169. The van der Waals surface area contributed by atoms with Crippen LogP contribution in [-0.2, 0) is 16.5 Å². The van der Waals surface area contributed by atoms with Crippen LogP contribution < -0.4 is 4.90 Å². The lowest BCUT2D eigenvalue weighted by Gasteiger charge is -2.38. The van der Waals surface area contributed by atoms with Crippen molar-refractivity contribution in [1.82, 2.24) is 19.7 Å². The summed E-state index contributed by atoms with van der Waals surface area (Å²) in [6, 6.07) is 0. The highest BCUT2D eigenvalue weighted by Crippen LogP contribution is 2.34. The number of rotatable bonds is 1. The van der Waals surface area contributed by atoms with Crippen molar-refractivity contribution in [2.24, 2.45) is 7.05 Å². The van der Waals surface area contributed by atoms with Gasteiger partial charge in [-0.05, 0) is 0 Å². The Labute approximate surface area is 116 Å². The highest BCUT2D eigenvalue weighted by atomic mass is 16.7. The maximum atomic E-state index is 5.76. The minimum Gasteiger partial charge on any atom is -0.355 e. The summed E-state index contributed by atoms with van der Waals surface area (Å²) < 4.78 is 13.3. The van der Waals surface area contributed by atoms with Gasteiger partial charge in [-0.25, -0.2) is 9.97 Å². The summed E-state index contributed by atoms with van der Waals surface area (Å²) in [5, 5.41) is 5.26. The molecule has 4 heterocycles. The van der Waals surface area contributed by atoms with Crippen molar-refractivity contribution >= 4 is 16.9 Å². The van der Waals surface area contributed by atoms with Crippen molar-refractivity contribution in [1.29, 1.82) is 0 Å². The predicted molar refractivity (Wildman–Crippen MR) is 72.4 cm³/mol. The topological polar surface area (TPSA) is 65.3 Å². The molecule has 7 nitrogen and oxygen atoms in total. The number of nitrogens with zero attached hydrogens (tertiary/aromatic N) is 5.